The van der Waals surface area contributed by atoms with E-state index in [2.05, 4.69) is 26.8 Å². The normalized spacial score (nSPS) is 37.4. The van der Waals surface area contributed by atoms with E-state index in [1.807, 2.05) is 31.2 Å². The van der Waals surface area contributed by atoms with Gasteiger partial charge in [0.25, 0.3) is 0 Å². The van der Waals surface area contributed by atoms with E-state index in [1.54, 1.807) is 5.57 Å². The number of ether oxygens (including phenoxy) is 2. The first kappa shape index (κ1) is 26.5. The Morgan fingerprint density at radius 2 is 1.81 bits per heavy atom. The molecule has 3 fully saturated rings. The summed E-state index contributed by atoms with van der Waals surface area (Å²) in [6.07, 6.45) is 13.5. The summed E-state index contributed by atoms with van der Waals surface area (Å²) in [5.41, 5.74) is 4.13. The fourth-order valence-electron chi connectivity index (χ4n) is 9.13. The molecule has 0 saturated heterocycles. The average Bonchev–Trinajstić information content (AvgIpc) is 3.25. The standard InChI is InChI=1S/C33H46O4/c1-21-6-9-23(10-7-21)31(35)37-25-16-18-32(3)24(20-25)11-12-26-28-14-13-27(22(2)8-15-30(34)36-5)33(28,4)19-17-29(26)32/h6-7,9-10,17,22,24-28H,8,11-16,18-20H2,1-5H3/t22-,24-,25+,26+,27?,28+,32+,33-/m1/s1. The maximum Gasteiger partial charge on any atom is 0.338 e. The number of hydrogen-bond acceptors (Lipinski definition) is 4. The van der Waals surface area contributed by atoms with Crippen LogP contribution in [0.5, 0.6) is 0 Å². The van der Waals surface area contributed by atoms with Gasteiger partial charge in [-0.1, -0.05) is 50.1 Å². The van der Waals surface area contributed by atoms with Gasteiger partial charge in [-0.25, -0.2) is 4.79 Å². The molecule has 0 amide bonds. The number of carbonyl (C=O) groups is 2. The summed E-state index contributed by atoms with van der Waals surface area (Å²) in [4.78, 5) is 24.5. The van der Waals surface area contributed by atoms with Crippen LogP contribution in [-0.4, -0.2) is 25.2 Å². The Morgan fingerprint density at radius 1 is 1.05 bits per heavy atom. The summed E-state index contributed by atoms with van der Waals surface area (Å²) < 4.78 is 10.9. The van der Waals surface area contributed by atoms with E-state index in [0.717, 1.165) is 37.2 Å². The van der Waals surface area contributed by atoms with Crippen LogP contribution in [0.2, 0.25) is 0 Å². The number of rotatable bonds is 6. The molecule has 0 N–H and O–H groups in total. The first-order valence-corrected chi connectivity index (χ1v) is 14.7. The highest BCUT2D eigenvalue weighted by Gasteiger charge is 2.57. The average molecular weight is 507 g/mol. The van der Waals surface area contributed by atoms with Crippen molar-refractivity contribution in [2.24, 2.45) is 40.4 Å². The van der Waals surface area contributed by atoms with Crippen molar-refractivity contribution >= 4 is 11.9 Å². The molecular formula is C33H46O4. The van der Waals surface area contributed by atoms with Gasteiger partial charge in [0.1, 0.15) is 6.10 Å². The molecule has 1 unspecified atom stereocenters. The van der Waals surface area contributed by atoms with Crippen molar-refractivity contribution in [2.75, 3.05) is 7.11 Å². The van der Waals surface area contributed by atoms with Crippen LogP contribution in [0.25, 0.3) is 0 Å². The molecule has 0 bridgehead atoms. The minimum atomic E-state index is -0.173. The van der Waals surface area contributed by atoms with E-state index >= 15 is 0 Å². The van der Waals surface area contributed by atoms with Gasteiger partial charge in [0.05, 0.1) is 12.7 Å². The minimum absolute atomic E-state index is 0.0319. The molecule has 0 radical (unpaired) electrons. The predicted molar refractivity (Wildman–Crippen MR) is 146 cm³/mol. The summed E-state index contributed by atoms with van der Waals surface area (Å²) in [7, 11) is 1.49. The summed E-state index contributed by atoms with van der Waals surface area (Å²) in [5.74, 6) is 3.03. The first-order valence-electron chi connectivity index (χ1n) is 14.7. The number of esters is 2. The first-order chi connectivity index (χ1) is 17.7. The smallest absolute Gasteiger partial charge is 0.338 e. The second-order valence-electron chi connectivity index (χ2n) is 13.2. The van der Waals surface area contributed by atoms with E-state index in [9.17, 15) is 9.59 Å². The highest BCUT2D eigenvalue weighted by atomic mass is 16.5. The van der Waals surface area contributed by atoms with Gasteiger partial charge in [0, 0.05) is 6.42 Å². The van der Waals surface area contributed by atoms with Gasteiger partial charge >= 0.3 is 11.9 Å². The number of hydrogen-bond donors (Lipinski definition) is 0. The molecule has 8 atom stereocenters. The third kappa shape index (κ3) is 4.79. The molecular weight excluding hydrogens is 460 g/mol. The van der Waals surface area contributed by atoms with Crippen molar-refractivity contribution in [3.05, 3.63) is 47.0 Å². The lowest BCUT2D eigenvalue weighted by Crippen LogP contribution is -2.49. The molecule has 4 aliphatic carbocycles. The van der Waals surface area contributed by atoms with Gasteiger partial charge in [-0.15, -0.1) is 0 Å². The molecule has 4 aliphatic rings. The van der Waals surface area contributed by atoms with Crippen molar-refractivity contribution < 1.29 is 19.1 Å². The van der Waals surface area contributed by atoms with Crippen molar-refractivity contribution in [1.82, 2.24) is 0 Å². The highest BCUT2D eigenvalue weighted by Crippen LogP contribution is 2.66. The molecule has 0 aliphatic heterocycles. The van der Waals surface area contributed by atoms with Crippen LogP contribution in [0.4, 0.5) is 0 Å². The van der Waals surface area contributed by atoms with Gasteiger partial charge in [-0.2, -0.15) is 0 Å². The van der Waals surface area contributed by atoms with E-state index in [4.69, 9.17) is 9.47 Å². The fraction of sp³-hybridized carbons (Fsp3) is 0.697. The molecule has 0 heterocycles. The van der Waals surface area contributed by atoms with Crippen LogP contribution in [0.15, 0.2) is 35.9 Å². The van der Waals surface area contributed by atoms with Crippen LogP contribution in [0.3, 0.4) is 0 Å². The third-order valence-electron chi connectivity index (χ3n) is 11.3. The van der Waals surface area contributed by atoms with E-state index in [1.165, 1.54) is 39.2 Å². The zero-order chi connectivity index (χ0) is 26.4. The zero-order valence-electron chi connectivity index (χ0n) is 23.6. The van der Waals surface area contributed by atoms with Crippen molar-refractivity contribution in [2.45, 2.75) is 98.0 Å². The molecule has 1 aromatic rings. The van der Waals surface area contributed by atoms with Gasteiger partial charge in [0.2, 0.25) is 0 Å². The molecule has 0 spiro atoms. The molecule has 3 saturated carbocycles. The Bertz CT molecular complexity index is 1040. The van der Waals surface area contributed by atoms with Gasteiger partial charge in [0.15, 0.2) is 0 Å². The lowest BCUT2D eigenvalue weighted by atomic mass is 9.48. The van der Waals surface area contributed by atoms with E-state index in [0.29, 0.717) is 41.1 Å². The Kier molecular flexibility index (Phi) is 7.33. The molecule has 0 aromatic heterocycles. The molecule has 202 valence electrons. The monoisotopic (exact) mass is 506 g/mol. The zero-order valence-corrected chi connectivity index (χ0v) is 23.6. The van der Waals surface area contributed by atoms with Crippen molar-refractivity contribution in [1.29, 1.82) is 0 Å². The maximum atomic E-state index is 12.8. The summed E-state index contributed by atoms with van der Waals surface area (Å²) in [6, 6.07) is 7.72. The van der Waals surface area contributed by atoms with Crippen molar-refractivity contribution in [3.63, 3.8) is 0 Å². The highest BCUT2D eigenvalue weighted by molar-refractivity contribution is 5.89. The molecule has 4 nitrogen and oxygen atoms in total. The van der Waals surface area contributed by atoms with Crippen LogP contribution in [0, 0.1) is 47.3 Å². The van der Waals surface area contributed by atoms with Gasteiger partial charge < -0.3 is 9.47 Å². The second-order valence-corrected chi connectivity index (χ2v) is 13.2. The van der Waals surface area contributed by atoms with Crippen LogP contribution in [0.1, 0.15) is 101 Å². The fourth-order valence-corrected chi connectivity index (χ4v) is 9.13. The summed E-state index contributed by atoms with van der Waals surface area (Å²) >= 11 is 0. The van der Waals surface area contributed by atoms with Crippen LogP contribution >= 0.6 is 0 Å². The topological polar surface area (TPSA) is 52.6 Å². The maximum absolute atomic E-state index is 12.8. The van der Waals surface area contributed by atoms with E-state index < -0.39 is 0 Å². The summed E-state index contributed by atoms with van der Waals surface area (Å²) in [5, 5.41) is 0. The number of carbonyl (C=O) groups excluding carboxylic acids is 2. The van der Waals surface area contributed by atoms with Crippen LogP contribution < -0.4 is 0 Å². The summed E-state index contributed by atoms with van der Waals surface area (Å²) in [6.45, 7) is 9.46. The number of benzene rings is 1. The molecule has 1 aromatic carbocycles. The van der Waals surface area contributed by atoms with Gasteiger partial charge in [-0.05, 0) is 117 Å². The Hall–Kier alpha value is -2.10. The Morgan fingerprint density at radius 3 is 2.54 bits per heavy atom. The Balaban J connectivity index is 1.26. The number of methoxy groups -OCH3 is 1. The predicted octanol–water partition coefficient (Wildman–Crippen LogP) is 7.69. The SMILES string of the molecule is COC(=O)CC[C@@H](C)C1CC[C@H]2[C@@H]3CC[C@@H]4C[C@@H](OC(=O)c5ccc(C)cc5)CC[C@]4(C)C3=CC[C@]12C. The third-order valence-corrected chi connectivity index (χ3v) is 11.3. The number of allylic oxidation sites excluding steroid dienone is 2. The second kappa shape index (κ2) is 10.2. The number of aryl methyl sites for hydroxylation is 1. The van der Waals surface area contributed by atoms with Gasteiger partial charge in [-0.3, -0.25) is 4.79 Å². The van der Waals surface area contributed by atoms with Crippen molar-refractivity contribution in [3.8, 4) is 0 Å². The molecule has 37 heavy (non-hydrogen) atoms. The molecule has 4 heteroatoms. The number of fused-ring (bicyclic) bond motifs is 5. The Labute approximate surface area is 223 Å². The minimum Gasteiger partial charge on any atom is -0.469 e. The van der Waals surface area contributed by atoms with E-state index in [-0.39, 0.29) is 23.5 Å². The molecule has 5 rings (SSSR count). The van der Waals surface area contributed by atoms with Crippen LogP contribution in [-0.2, 0) is 14.3 Å². The lowest BCUT2D eigenvalue weighted by molar-refractivity contribution is -0.141. The largest absolute Gasteiger partial charge is 0.469 e. The lowest BCUT2D eigenvalue weighted by Gasteiger charge is -2.57. The quantitative estimate of drug-likeness (QED) is 0.293.